The van der Waals surface area contributed by atoms with E-state index in [0.29, 0.717) is 0 Å². The van der Waals surface area contributed by atoms with Crippen LogP contribution in [-0.4, -0.2) is 7.11 Å². The first-order chi connectivity index (χ1) is 7.22. The van der Waals surface area contributed by atoms with Crippen LogP contribution in [0.3, 0.4) is 0 Å². The summed E-state index contributed by atoms with van der Waals surface area (Å²) in [6.45, 7) is 2.06. The fraction of sp³-hybridized carbons (Fsp3) is 0.167. The summed E-state index contributed by atoms with van der Waals surface area (Å²) in [5, 5.41) is 0.844. The Bertz CT molecular complexity index is 476. The molecule has 0 amide bonds. The lowest BCUT2D eigenvalue weighted by Gasteiger charge is -2.06. The molecule has 2 N–H and O–H groups in total. The van der Waals surface area contributed by atoms with Crippen LogP contribution in [0.2, 0.25) is 0 Å². The molecule has 2 aromatic rings. The number of benzene rings is 1. The highest BCUT2D eigenvalue weighted by Crippen LogP contribution is 2.38. The number of anilines is 1. The van der Waals surface area contributed by atoms with Crippen LogP contribution in [0.5, 0.6) is 5.75 Å². The van der Waals surface area contributed by atoms with E-state index in [9.17, 15) is 0 Å². The molecule has 0 unspecified atom stereocenters. The fourth-order valence-corrected chi connectivity index (χ4v) is 2.41. The van der Waals surface area contributed by atoms with Crippen molar-refractivity contribution in [3.63, 3.8) is 0 Å². The summed E-state index contributed by atoms with van der Waals surface area (Å²) >= 11 is 1.61. The standard InChI is InChI=1S/C12H13NOS/c1-8-7-10(12(13)15-8)9-5-3-4-6-11(9)14-2/h3-7H,13H2,1-2H3. The van der Waals surface area contributed by atoms with E-state index in [0.717, 1.165) is 21.9 Å². The lowest BCUT2D eigenvalue weighted by Crippen LogP contribution is -1.88. The quantitative estimate of drug-likeness (QED) is 0.841. The van der Waals surface area contributed by atoms with Crippen molar-refractivity contribution in [2.45, 2.75) is 6.92 Å². The SMILES string of the molecule is COc1ccccc1-c1cc(C)sc1N. The van der Waals surface area contributed by atoms with Crippen molar-refractivity contribution >= 4 is 16.3 Å². The molecule has 0 saturated carbocycles. The van der Waals surface area contributed by atoms with E-state index in [1.807, 2.05) is 24.3 Å². The molecule has 0 bridgehead atoms. The molecule has 2 rings (SSSR count). The number of hydrogen-bond acceptors (Lipinski definition) is 3. The minimum atomic E-state index is 0.844. The maximum atomic E-state index is 5.96. The van der Waals surface area contributed by atoms with Gasteiger partial charge in [-0.25, -0.2) is 0 Å². The van der Waals surface area contributed by atoms with Crippen LogP contribution in [0, 0.1) is 6.92 Å². The molecule has 0 saturated heterocycles. The second-order valence-electron chi connectivity index (χ2n) is 3.34. The second kappa shape index (κ2) is 3.95. The van der Waals surface area contributed by atoms with Gasteiger partial charge in [-0.1, -0.05) is 18.2 Å². The molecule has 78 valence electrons. The van der Waals surface area contributed by atoms with E-state index in [1.54, 1.807) is 18.4 Å². The molecular weight excluding hydrogens is 206 g/mol. The zero-order valence-corrected chi connectivity index (χ0v) is 9.60. The normalized spacial score (nSPS) is 10.3. The zero-order valence-electron chi connectivity index (χ0n) is 8.78. The van der Waals surface area contributed by atoms with E-state index in [4.69, 9.17) is 10.5 Å². The Hall–Kier alpha value is -1.48. The van der Waals surface area contributed by atoms with E-state index in [1.165, 1.54) is 4.88 Å². The van der Waals surface area contributed by atoms with Crippen LogP contribution in [0.25, 0.3) is 11.1 Å². The van der Waals surface area contributed by atoms with Gasteiger partial charge in [-0.3, -0.25) is 0 Å². The Labute approximate surface area is 93.3 Å². The molecule has 0 spiro atoms. The molecule has 0 radical (unpaired) electrons. The zero-order chi connectivity index (χ0) is 10.8. The van der Waals surface area contributed by atoms with E-state index in [-0.39, 0.29) is 0 Å². The number of nitrogens with two attached hydrogens (primary N) is 1. The number of ether oxygens (including phenoxy) is 1. The Balaban J connectivity index is 2.58. The van der Waals surface area contributed by atoms with Crippen LogP contribution < -0.4 is 10.5 Å². The number of hydrogen-bond donors (Lipinski definition) is 1. The molecule has 15 heavy (non-hydrogen) atoms. The summed E-state index contributed by atoms with van der Waals surface area (Å²) in [5.74, 6) is 0.863. The summed E-state index contributed by atoms with van der Waals surface area (Å²) < 4.78 is 5.31. The van der Waals surface area contributed by atoms with Crippen molar-refractivity contribution in [1.29, 1.82) is 0 Å². The van der Waals surface area contributed by atoms with Gasteiger partial charge in [0.05, 0.1) is 12.1 Å². The van der Waals surface area contributed by atoms with Gasteiger partial charge in [-0.05, 0) is 19.1 Å². The summed E-state index contributed by atoms with van der Waals surface area (Å²) in [5.41, 5.74) is 8.08. The topological polar surface area (TPSA) is 35.2 Å². The molecule has 0 aliphatic carbocycles. The highest BCUT2D eigenvalue weighted by atomic mass is 32.1. The van der Waals surface area contributed by atoms with Crippen LogP contribution in [0.15, 0.2) is 30.3 Å². The number of methoxy groups -OCH3 is 1. The second-order valence-corrected chi connectivity index (χ2v) is 4.62. The fourth-order valence-electron chi connectivity index (χ4n) is 1.61. The van der Waals surface area contributed by atoms with Crippen LogP contribution >= 0.6 is 11.3 Å². The maximum Gasteiger partial charge on any atom is 0.126 e. The third kappa shape index (κ3) is 1.83. The highest BCUT2D eigenvalue weighted by Gasteiger charge is 2.10. The average Bonchev–Trinajstić information content (AvgIpc) is 2.57. The monoisotopic (exact) mass is 219 g/mol. The molecule has 1 heterocycles. The van der Waals surface area contributed by atoms with Gasteiger partial charge >= 0.3 is 0 Å². The van der Waals surface area contributed by atoms with Crippen LogP contribution in [0.4, 0.5) is 5.00 Å². The van der Waals surface area contributed by atoms with Gasteiger partial charge in [0.25, 0.3) is 0 Å². The first-order valence-corrected chi connectivity index (χ1v) is 5.53. The number of rotatable bonds is 2. The van der Waals surface area contributed by atoms with E-state index >= 15 is 0 Å². The lowest BCUT2D eigenvalue weighted by atomic mass is 10.1. The Morgan fingerprint density at radius 1 is 1.20 bits per heavy atom. The van der Waals surface area contributed by atoms with Crippen LogP contribution in [0.1, 0.15) is 4.88 Å². The Morgan fingerprint density at radius 2 is 1.93 bits per heavy atom. The smallest absolute Gasteiger partial charge is 0.126 e. The van der Waals surface area contributed by atoms with Crippen LogP contribution in [-0.2, 0) is 0 Å². The molecule has 0 fully saturated rings. The molecule has 1 aromatic carbocycles. The van der Waals surface area contributed by atoms with E-state index in [2.05, 4.69) is 13.0 Å². The van der Waals surface area contributed by atoms with Gasteiger partial charge in [0.1, 0.15) is 5.75 Å². The van der Waals surface area contributed by atoms with E-state index < -0.39 is 0 Å². The van der Waals surface area contributed by atoms with Gasteiger partial charge in [0, 0.05) is 16.0 Å². The first kappa shape index (κ1) is 10.1. The highest BCUT2D eigenvalue weighted by molar-refractivity contribution is 7.16. The summed E-state index contributed by atoms with van der Waals surface area (Å²) in [6, 6.07) is 10.0. The number of nitrogen functional groups attached to an aromatic ring is 1. The number of para-hydroxylation sites is 1. The molecule has 1 aromatic heterocycles. The third-order valence-electron chi connectivity index (χ3n) is 2.28. The molecular formula is C12H13NOS. The lowest BCUT2D eigenvalue weighted by molar-refractivity contribution is 0.416. The molecule has 2 nitrogen and oxygen atoms in total. The van der Waals surface area contributed by atoms with Gasteiger partial charge in [-0.2, -0.15) is 0 Å². The molecule has 0 aliphatic rings. The number of aryl methyl sites for hydroxylation is 1. The maximum absolute atomic E-state index is 5.96. The van der Waals surface area contributed by atoms with Crippen molar-refractivity contribution in [3.8, 4) is 16.9 Å². The minimum Gasteiger partial charge on any atom is -0.496 e. The predicted octanol–water partition coefficient (Wildman–Crippen LogP) is 3.31. The molecule has 0 atom stereocenters. The first-order valence-electron chi connectivity index (χ1n) is 4.71. The Morgan fingerprint density at radius 3 is 2.53 bits per heavy atom. The van der Waals surface area contributed by atoms with Crippen molar-refractivity contribution in [2.24, 2.45) is 0 Å². The Kier molecular flexibility index (Phi) is 2.64. The van der Waals surface area contributed by atoms with Gasteiger partial charge in [0.15, 0.2) is 0 Å². The van der Waals surface area contributed by atoms with Crippen molar-refractivity contribution < 1.29 is 4.74 Å². The van der Waals surface area contributed by atoms with Gasteiger partial charge in [0.2, 0.25) is 0 Å². The third-order valence-corrected chi connectivity index (χ3v) is 3.16. The molecule has 0 aliphatic heterocycles. The number of thiophene rings is 1. The predicted molar refractivity (Wildman–Crippen MR) is 65.5 cm³/mol. The summed E-state index contributed by atoms with van der Waals surface area (Å²) in [7, 11) is 1.67. The summed E-state index contributed by atoms with van der Waals surface area (Å²) in [4.78, 5) is 1.22. The van der Waals surface area contributed by atoms with Crippen molar-refractivity contribution in [3.05, 3.63) is 35.2 Å². The van der Waals surface area contributed by atoms with Gasteiger partial charge < -0.3 is 10.5 Å². The van der Waals surface area contributed by atoms with Crippen molar-refractivity contribution in [1.82, 2.24) is 0 Å². The van der Waals surface area contributed by atoms with Crippen molar-refractivity contribution in [2.75, 3.05) is 12.8 Å². The summed E-state index contributed by atoms with van der Waals surface area (Å²) in [6.07, 6.45) is 0. The minimum absolute atomic E-state index is 0.844. The average molecular weight is 219 g/mol. The molecule has 3 heteroatoms. The largest absolute Gasteiger partial charge is 0.496 e. The van der Waals surface area contributed by atoms with Gasteiger partial charge in [-0.15, -0.1) is 11.3 Å².